The Morgan fingerprint density at radius 2 is 1.97 bits per heavy atom. The lowest BCUT2D eigenvalue weighted by Gasteiger charge is -2.34. The third-order valence-electron chi connectivity index (χ3n) is 7.48. The van der Waals surface area contributed by atoms with E-state index in [1.807, 2.05) is 18.2 Å². The van der Waals surface area contributed by atoms with Gasteiger partial charge in [-0.25, -0.2) is 0 Å². The second-order valence-corrected chi connectivity index (χ2v) is 9.21. The van der Waals surface area contributed by atoms with Crippen molar-refractivity contribution in [1.29, 1.82) is 0 Å². The maximum atomic E-state index is 13.6. The molecule has 5 aliphatic rings. The number of carbonyl (C=O) groups excluding carboxylic acids is 3. The Balaban J connectivity index is 1.20. The van der Waals surface area contributed by atoms with Gasteiger partial charge in [0.2, 0.25) is 18.6 Å². The molecule has 3 saturated heterocycles. The van der Waals surface area contributed by atoms with E-state index in [1.54, 1.807) is 28.9 Å². The fraction of sp³-hybridized carbons (Fsp3) is 0.542. The largest absolute Gasteiger partial charge is 0.466 e. The number of nitrogens with zero attached hydrogens (tertiary/aromatic N) is 2. The number of benzene rings is 1. The number of ether oxygens (including phenoxy) is 4. The second-order valence-electron chi connectivity index (χ2n) is 9.21. The van der Waals surface area contributed by atoms with Crippen LogP contribution >= 0.6 is 0 Å². The summed E-state index contributed by atoms with van der Waals surface area (Å²) < 4.78 is 22.2. The lowest BCUT2D eigenvalue weighted by Crippen LogP contribution is -2.49. The van der Waals surface area contributed by atoms with Crippen molar-refractivity contribution >= 4 is 23.5 Å². The molecular formula is C24H26N2O7. The smallest absolute Gasteiger partial charge is 0.309 e. The molecule has 0 aliphatic carbocycles. The van der Waals surface area contributed by atoms with Crippen LogP contribution in [0.1, 0.15) is 19.8 Å². The van der Waals surface area contributed by atoms with Crippen LogP contribution < -0.4 is 14.4 Å². The van der Waals surface area contributed by atoms with Crippen LogP contribution in [-0.2, 0) is 23.9 Å². The van der Waals surface area contributed by atoms with Crippen molar-refractivity contribution in [3.63, 3.8) is 0 Å². The summed E-state index contributed by atoms with van der Waals surface area (Å²) in [4.78, 5) is 42.7. The van der Waals surface area contributed by atoms with Crippen molar-refractivity contribution < 1.29 is 33.3 Å². The summed E-state index contributed by atoms with van der Waals surface area (Å²) in [7, 11) is 0. The van der Waals surface area contributed by atoms with E-state index in [4.69, 9.17) is 18.9 Å². The molecule has 0 saturated carbocycles. The lowest BCUT2D eigenvalue weighted by atomic mass is 9.76. The van der Waals surface area contributed by atoms with Gasteiger partial charge in [0.05, 0.1) is 37.0 Å². The summed E-state index contributed by atoms with van der Waals surface area (Å²) in [6.45, 7) is 3.63. The number of likely N-dealkylation sites (tertiary alicyclic amines) is 1. The molecule has 3 fully saturated rings. The van der Waals surface area contributed by atoms with Crippen molar-refractivity contribution in [1.82, 2.24) is 4.90 Å². The molecule has 5 heterocycles. The predicted octanol–water partition coefficient (Wildman–Crippen LogP) is 1.50. The van der Waals surface area contributed by atoms with E-state index in [1.165, 1.54) is 0 Å². The SMILES string of the molecule is CCOC(=O)C1CCN(C(=O)[C@@H]2[C@H]3C(=O)N(c4ccc5c(c4)OCO5)C[C@@]34C=C[C@H]2O4)CC1. The van der Waals surface area contributed by atoms with Crippen LogP contribution in [0, 0.1) is 17.8 Å². The molecule has 0 unspecified atom stereocenters. The average Bonchev–Trinajstić information content (AvgIpc) is 3.59. The van der Waals surface area contributed by atoms with Gasteiger partial charge in [0.25, 0.3) is 0 Å². The number of rotatable bonds is 4. The molecule has 2 amide bonds. The van der Waals surface area contributed by atoms with Crippen LogP contribution in [0.15, 0.2) is 30.4 Å². The van der Waals surface area contributed by atoms with Gasteiger partial charge >= 0.3 is 5.97 Å². The quantitative estimate of drug-likeness (QED) is 0.503. The van der Waals surface area contributed by atoms with Gasteiger partial charge in [-0.05, 0) is 31.9 Å². The average molecular weight is 454 g/mol. The molecule has 33 heavy (non-hydrogen) atoms. The van der Waals surface area contributed by atoms with Crippen molar-refractivity contribution in [3.05, 3.63) is 30.4 Å². The monoisotopic (exact) mass is 454 g/mol. The van der Waals surface area contributed by atoms with Crippen molar-refractivity contribution in [2.75, 3.05) is 37.9 Å². The highest BCUT2D eigenvalue weighted by Crippen LogP contribution is 2.53. The van der Waals surface area contributed by atoms with Crippen molar-refractivity contribution in [2.24, 2.45) is 17.8 Å². The first-order chi connectivity index (χ1) is 16.0. The van der Waals surface area contributed by atoms with Gasteiger partial charge in [-0.15, -0.1) is 0 Å². The fourth-order valence-corrected chi connectivity index (χ4v) is 5.86. The van der Waals surface area contributed by atoms with Crippen LogP contribution in [0.4, 0.5) is 5.69 Å². The van der Waals surface area contributed by atoms with Crippen molar-refractivity contribution in [3.8, 4) is 11.5 Å². The molecule has 9 heteroatoms. The summed E-state index contributed by atoms with van der Waals surface area (Å²) >= 11 is 0. The summed E-state index contributed by atoms with van der Waals surface area (Å²) in [5.41, 5.74) is -0.0863. The topological polar surface area (TPSA) is 94.6 Å². The maximum Gasteiger partial charge on any atom is 0.309 e. The van der Waals surface area contributed by atoms with Gasteiger partial charge in [-0.2, -0.15) is 0 Å². The molecule has 6 rings (SSSR count). The van der Waals surface area contributed by atoms with Gasteiger partial charge in [0.15, 0.2) is 11.5 Å². The third kappa shape index (κ3) is 3.05. The highest BCUT2D eigenvalue weighted by Gasteiger charge is 2.67. The Morgan fingerprint density at radius 3 is 2.76 bits per heavy atom. The zero-order valence-electron chi connectivity index (χ0n) is 18.4. The predicted molar refractivity (Wildman–Crippen MR) is 115 cm³/mol. The van der Waals surface area contributed by atoms with Gasteiger partial charge in [0, 0.05) is 24.8 Å². The molecule has 0 radical (unpaired) electrons. The Bertz CT molecular complexity index is 1050. The van der Waals surface area contributed by atoms with Gasteiger partial charge in [0.1, 0.15) is 5.60 Å². The number of piperidine rings is 1. The Hall–Kier alpha value is -3.07. The minimum atomic E-state index is -0.790. The summed E-state index contributed by atoms with van der Waals surface area (Å²) in [6.07, 6.45) is 4.62. The van der Waals surface area contributed by atoms with E-state index in [-0.39, 0.29) is 30.5 Å². The van der Waals surface area contributed by atoms with E-state index < -0.39 is 23.5 Å². The van der Waals surface area contributed by atoms with E-state index >= 15 is 0 Å². The number of anilines is 1. The zero-order chi connectivity index (χ0) is 22.7. The number of amides is 2. The van der Waals surface area contributed by atoms with Crippen LogP contribution in [0.5, 0.6) is 11.5 Å². The van der Waals surface area contributed by atoms with Crippen LogP contribution in [0.25, 0.3) is 0 Å². The number of hydrogen-bond donors (Lipinski definition) is 0. The highest BCUT2D eigenvalue weighted by atomic mass is 16.7. The van der Waals surface area contributed by atoms with Crippen LogP contribution in [-0.4, -0.2) is 67.4 Å². The highest BCUT2D eigenvalue weighted by molar-refractivity contribution is 6.03. The van der Waals surface area contributed by atoms with E-state index in [0.29, 0.717) is 56.3 Å². The number of carbonyl (C=O) groups is 3. The molecule has 9 nitrogen and oxygen atoms in total. The summed E-state index contributed by atoms with van der Waals surface area (Å²) in [6, 6.07) is 5.42. The fourth-order valence-electron chi connectivity index (χ4n) is 5.86. The first-order valence-electron chi connectivity index (χ1n) is 11.5. The number of hydrogen-bond acceptors (Lipinski definition) is 7. The first kappa shape index (κ1) is 20.5. The van der Waals surface area contributed by atoms with Crippen molar-refractivity contribution in [2.45, 2.75) is 31.5 Å². The van der Waals surface area contributed by atoms with E-state index in [9.17, 15) is 14.4 Å². The van der Waals surface area contributed by atoms with Gasteiger partial charge < -0.3 is 28.7 Å². The lowest BCUT2D eigenvalue weighted by molar-refractivity contribution is -0.152. The van der Waals surface area contributed by atoms with Crippen LogP contribution in [0.3, 0.4) is 0 Å². The van der Waals surface area contributed by atoms with E-state index in [2.05, 4.69) is 0 Å². The second kappa shape index (κ2) is 7.48. The molecule has 0 aromatic heterocycles. The van der Waals surface area contributed by atoms with Crippen LogP contribution in [0.2, 0.25) is 0 Å². The minimum absolute atomic E-state index is 0.0700. The molecule has 1 spiro atoms. The standard InChI is InChI=1S/C24H26N2O7/c1-2-30-23(29)14-6-9-25(10-7-14)21(27)19-17-5-8-24(33-17)12-26(22(28)20(19)24)15-3-4-16-18(11-15)32-13-31-16/h3-5,8,11,14,17,19-20H,2,6-7,9-10,12-13H2,1H3/t17-,19+,20+,24+/m1/s1. The molecule has 0 N–H and O–H groups in total. The normalized spacial score (nSPS) is 31.9. The van der Waals surface area contributed by atoms with E-state index in [0.717, 1.165) is 0 Å². The minimum Gasteiger partial charge on any atom is -0.466 e. The first-order valence-corrected chi connectivity index (χ1v) is 11.5. The summed E-state index contributed by atoms with van der Waals surface area (Å²) in [5, 5.41) is 0. The number of fused-ring (bicyclic) bond motifs is 2. The third-order valence-corrected chi connectivity index (χ3v) is 7.48. The molecule has 2 bridgehead atoms. The maximum absolute atomic E-state index is 13.6. The summed E-state index contributed by atoms with van der Waals surface area (Å²) in [5.74, 6) is -0.409. The molecule has 1 aromatic rings. The number of esters is 1. The van der Waals surface area contributed by atoms with Gasteiger partial charge in [-0.3, -0.25) is 14.4 Å². The molecule has 1 aromatic carbocycles. The molecule has 4 atom stereocenters. The van der Waals surface area contributed by atoms with Gasteiger partial charge in [-0.1, -0.05) is 12.2 Å². The molecule has 174 valence electrons. The Kier molecular flexibility index (Phi) is 4.65. The molecular weight excluding hydrogens is 428 g/mol. The Labute approximate surface area is 191 Å². The Morgan fingerprint density at radius 1 is 1.18 bits per heavy atom. The zero-order valence-corrected chi connectivity index (χ0v) is 18.4. The molecule has 5 aliphatic heterocycles.